The van der Waals surface area contributed by atoms with E-state index in [2.05, 4.69) is 26.9 Å². The van der Waals surface area contributed by atoms with Crippen LogP contribution in [0, 0.1) is 0 Å². The Morgan fingerprint density at radius 1 is 1.18 bits per heavy atom. The lowest BCUT2D eigenvalue weighted by Gasteiger charge is -2.40. The molecule has 0 radical (unpaired) electrons. The van der Waals surface area contributed by atoms with Crippen LogP contribution in [0.25, 0.3) is 16.8 Å². The molecule has 33 heavy (non-hydrogen) atoms. The molecule has 2 aromatic rings. The lowest BCUT2D eigenvalue weighted by Crippen LogP contribution is -2.47. The van der Waals surface area contributed by atoms with Gasteiger partial charge in [-0.3, -0.25) is 4.90 Å². The zero-order chi connectivity index (χ0) is 23.4. The van der Waals surface area contributed by atoms with Crippen LogP contribution in [0.4, 0.5) is 0 Å². The van der Waals surface area contributed by atoms with Crippen molar-refractivity contribution >= 4 is 5.70 Å². The van der Waals surface area contributed by atoms with Gasteiger partial charge < -0.3 is 26.2 Å². The summed E-state index contributed by atoms with van der Waals surface area (Å²) in [6.07, 6.45) is 10.3. The van der Waals surface area contributed by atoms with Crippen LogP contribution < -0.4 is 16.2 Å². The molecule has 1 unspecified atom stereocenters. The Morgan fingerprint density at radius 2 is 2.00 bits per heavy atom. The summed E-state index contributed by atoms with van der Waals surface area (Å²) in [6.45, 7) is 5.25. The van der Waals surface area contributed by atoms with Gasteiger partial charge in [-0.1, -0.05) is 19.4 Å². The van der Waals surface area contributed by atoms with Crippen molar-refractivity contribution in [2.75, 3.05) is 26.7 Å². The number of aromatic nitrogens is 2. The number of phenols is 1. The number of benzene rings is 1. The fourth-order valence-corrected chi connectivity index (χ4v) is 4.71. The molecule has 1 aromatic heterocycles. The molecule has 2 fully saturated rings. The highest BCUT2D eigenvalue weighted by molar-refractivity contribution is 5.74. The normalized spacial score (nSPS) is 19.7. The Kier molecular flexibility index (Phi) is 7.03. The van der Waals surface area contributed by atoms with E-state index in [9.17, 15) is 5.11 Å². The molecule has 1 saturated carbocycles. The van der Waals surface area contributed by atoms with Gasteiger partial charge in [-0.2, -0.15) is 5.10 Å². The largest absolute Gasteiger partial charge is 0.507 e. The molecule has 1 aliphatic carbocycles. The minimum atomic E-state index is 0.0873. The Morgan fingerprint density at radius 3 is 2.67 bits per heavy atom. The van der Waals surface area contributed by atoms with E-state index in [0.29, 0.717) is 29.0 Å². The molecular weight excluding hydrogens is 416 g/mol. The number of ether oxygens (including phenoxy) is 1. The lowest BCUT2D eigenvalue weighted by molar-refractivity contribution is 0.0893. The molecule has 0 spiro atoms. The minimum absolute atomic E-state index is 0.0873. The molecule has 5 N–H and O–H groups in total. The third-order valence-corrected chi connectivity index (χ3v) is 6.82. The Hall–Kier alpha value is -3.26. The molecule has 0 amide bonds. The number of methoxy groups -OCH3 is 1. The van der Waals surface area contributed by atoms with Crippen LogP contribution in [0.5, 0.6) is 11.6 Å². The van der Waals surface area contributed by atoms with E-state index in [-0.39, 0.29) is 5.75 Å². The summed E-state index contributed by atoms with van der Waals surface area (Å²) in [4.78, 5) is 4.87. The number of rotatable bonds is 8. The number of phenolic OH excluding ortho intramolecular Hbond substituents is 1. The molecule has 176 valence electrons. The molecule has 0 bridgehead atoms. The number of hydrogen-bond acceptors (Lipinski definition) is 8. The monoisotopic (exact) mass is 450 g/mol. The number of allylic oxidation sites excluding steroid dienone is 2. The average molecular weight is 451 g/mol. The Balaban J connectivity index is 1.43. The summed E-state index contributed by atoms with van der Waals surface area (Å²) < 4.78 is 5.12. The van der Waals surface area contributed by atoms with Gasteiger partial charge in [-0.05, 0) is 55.7 Å². The summed E-state index contributed by atoms with van der Waals surface area (Å²) in [5.41, 5.74) is 15.2. The number of likely N-dealkylation sites (tertiary alicyclic amines) is 1. The lowest BCUT2D eigenvalue weighted by atomic mass is 9.90. The van der Waals surface area contributed by atoms with Crippen molar-refractivity contribution < 1.29 is 9.84 Å². The number of likely N-dealkylation sites (N-methyl/N-ethyl adjacent to an activating group) is 1. The van der Waals surface area contributed by atoms with Gasteiger partial charge >= 0.3 is 0 Å². The van der Waals surface area contributed by atoms with Crippen LogP contribution >= 0.6 is 0 Å². The fourth-order valence-electron chi connectivity index (χ4n) is 4.71. The van der Waals surface area contributed by atoms with Crippen molar-refractivity contribution in [3.63, 3.8) is 0 Å². The smallest absolute Gasteiger partial charge is 0.233 e. The van der Waals surface area contributed by atoms with Gasteiger partial charge in [0.05, 0.1) is 19.1 Å². The van der Waals surface area contributed by atoms with Crippen molar-refractivity contribution in [3.8, 4) is 22.8 Å². The van der Waals surface area contributed by atoms with E-state index in [1.807, 2.05) is 12.1 Å². The third kappa shape index (κ3) is 5.06. The predicted octanol–water partition coefficient (Wildman–Crippen LogP) is 2.91. The van der Waals surface area contributed by atoms with Gasteiger partial charge in [-0.15, -0.1) is 5.10 Å². The zero-order valence-corrected chi connectivity index (χ0v) is 19.4. The maximum Gasteiger partial charge on any atom is 0.233 e. The molecule has 1 atom stereocenters. The van der Waals surface area contributed by atoms with Gasteiger partial charge in [0.1, 0.15) is 5.75 Å². The average Bonchev–Trinajstić information content (AvgIpc) is 3.29. The highest BCUT2D eigenvalue weighted by atomic mass is 16.5. The van der Waals surface area contributed by atoms with E-state index in [4.69, 9.17) is 16.2 Å². The number of nitrogens with two attached hydrogens (primary N) is 2. The van der Waals surface area contributed by atoms with Gasteiger partial charge in [0.15, 0.2) is 0 Å². The van der Waals surface area contributed by atoms with E-state index in [1.165, 1.54) is 26.4 Å². The molecular formula is C25H34N6O2. The van der Waals surface area contributed by atoms with Crippen molar-refractivity contribution in [2.24, 2.45) is 11.5 Å². The summed E-state index contributed by atoms with van der Waals surface area (Å²) in [7, 11) is 1.54. The second-order valence-corrected chi connectivity index (χ2v) is 8.74. The van der Waals surface area contributed by atoms with E-state index in [0.717, 1.165) is 43.2 Å². The number of aromatic hydroxyl groups is 1. The van der Waals surface area contributed by atoms with Crippen molar-refractivity contribution in [3.05, 3.63) is 54.0 Å². The highest BCUT2D eigenvalue weighted by Gasteiger charge is 2.33. The minimum Gasteiger partial charge on any atom is -0.507 e. The zero-order valence-electron chi connectivity index (χ0n) is 19.4. The molecule has 2 heterocycles. The first-order chi connectivity index (χ1) is 16.0. The molecule has 8 nitrogen and oxygen atoms in total. The Labute approximate surface area is 195 Å². The summed E-state index contributed by atoms with van der Waals surface area (Å²) >= 11 is 0. The quantitative estimate of drug-likeness (QED) is 0.526. The number of hydrogen-bond donors (Lipinski definition) is 3. The SMILES string of the molecule is CCN(C1CCC1)C1CCN(/C(N)=C/C=C(\N)c2ccc(-c3cnnc(OC)c3)cc2O)C1. The van der Waals surface area contributed by atoms with Crippen molar-refractivity contribution in [1.82, 2.24) is 20.0 Å². The first-order valence-electron chi connectivity index (χ1n) is 11.6. The topological polar surface area (TPSA) is 114 Å². The standard InChI is InChI=1S/C25H34N6O2/c1-3-31(19-5-4-6-19)20-11-12-30(16-20)24(27)10-9-22(26)21-8-7-17(13-23(21)32)18-14-25(33-2)29-28-15-18/h7-10,13-15,19-20,32H,3-6,11-12,16,26-27H2,1-2H3/b22-9-,24-10+. The van der Waals surface area contributed by atoms with E-state index >= 15 is 0 Å². The molecule has 1 aromatic carbocycles. The van der Waals surface area contributed by atoms with E-state index < -0.39 is 0 Å². The van der Waals surface area contributed by atoms with Gasteiger partial charge in [0, 0.05) is 48.1 Å². The maximum absolute atomic E-state index is 10.6. The summed E-state index contributed by atoms with van der Waals surface area (Å²) in [5, 5.41) is 18.4. The van der Waals surface area contributed by atoms with Crippen LogP contribution in [-0.4, -0.2) is 63.9 Å². The number of nitrogens with zero attached hydrogens (tertiary/aromatic N) is 4. The molecule has 4 rings (SSSR count). The molecule has 1 aliphatic heterocycles. The Bertz CT molecular complexity index is 1030. The van der Waals surface area contributed by atoms with Crippen LogP contribution in [0.15, 0.2) is 48.4 Å². The summed E-state index contributed by atoms with van der Waals surface area (Å²) in [6, 6.07) is 8.39. The summed E-state index contributed by atoms with van der Waals surface area (Å²) in [5.74, 6) is 1.20. The highest BCUT2D eigenvalue weighted by Crippen LogP contribution is 2.31. The fraction of sp³-hybridized carbons (Fsp3) is 0.440. The van der Waals surface area contributed by atoms with Gasteiger partial charge in [0.2, 0.25) is 5.88 Å². The van der Waals surface area contributed by atoms with Crippen molar-refractivity contribution in [2.45, 2.75) is 44.7 Å². The first-order valence-corrected chi connectivity index (χ1v) is 11.6. The van der Waals surface area contributed by atoms with Gasteiger partial charge in [-0.25, -0.2) is 0 Å². The van der Waals surface area contributed by atoms with Crippen LogP contribution in [0.1, 0.15) is 38.2 Å². The third-order valence-electron chi connectivity index (χ3n) is 6.82. The van der Waals surface area contributed by atoms with Crippen molar-refractivity contribution in [1.29, 1.82) is 0 Å². The second-order valence-electron chi connectivity index (χ2n) is 8.74. The molecule has 1 saturated heterocycles. The second kappa shape index (κ2) is 10.1. The molecule has 8 heteroatoms. The molecule has 2 aliphatic rings. The maximum atomic E-state index is 10.6. The van der Waals surface area contributed by atoms with Crippen LogP contribution in [0.3, 0.4) is 0 Å². The van der Waals surface area contributed by atoms with E-state index in [1.54, 1.807) is 30.5 Å². The van der Waals surface area contributed by atoms with Crippen LogP contribution in [0.2, 0.25) is 0 Å². The predicted molar refractivity (Wildman–Crippen MR) is 130 cm³/mol. The van der Waals surface area contributed by atoms with Gasteiger partial charge in [0.25, 0.3) is 0 Å². The first kappa shape index (κ1) is 22.9. The van der Waals surface area contributed by atoms with Crippen LogP contribution in [-0.2, 0) is 0 Å².